The molecule has 1 unspecified atom stereocenters. The first kappa shape index (κ1) is 27.9. The topological polar surface area (TPSA) is 0 Å². The molecule has 1 heterocycles. The molecule has 0 N–H and O–H groups in total. The van der Waals surface area contributed by atoms with E-state index in [2.05, 4.69) is 128 Å². The molecule has 1 atom stereocenters. The van der Waals surface area contributed by atoms with Crippen molar-refractivity contribution < 1.29 is 35.6 Å². The van der Waals surface area contributed by atoms with Crippen LogP contribution < -0.4 is 20.0 Å². The Bertz CT molecular complexity index is 1570. The van der Waals surface area contributed by atoms with Gasteiger partial charge in [0.15, 0.2) is 0 Å². The minimum absolute atomic E-state index is 0. The van der Waals surface area contributed by atoms with Crippen molar-refractivity contribution in [2.75, 3.05) is 6.16 Å². The fourth-order valence-electron chi connectivity index (χ4n) is 5.07. The molecular weight excluding hydrogens is 545 g/mol. The van der Waals surface area contributed by atoms with Crippen LogP contribution in [0.15, 0.2) is 121 Å². The van der Waals surface area contributed by atoms with E-state index in [1.54, 1.807) is 10.6 Å². The average molecular weight is 570 g/mol. The van der Waals surface area contributed by atoms with Crippen LogP contribution in [0.2, 0.25) is 0 Å². The van der Waals surface area contributed by atoms with Crippen LogP contribution in [0, 0.1) is 0 Å². The molecule has 6 aromatic rings. The van der Waals surface area contributed by atoms with E-state index in [0.717, 1.165) is 0 Å². The molecule has 4 heteroatoms. The van der Waals surface area contributed by atoms with Gasteiger partial charge in [0, 0.05) is 0 Å². The molecule has 2 bridgehead atoms. The van der Waals surface area contributed by atoms with Crippen molar-refractivity contribution >= 4 is 40.1 Å². The Balaban J connectivity index is 0.000000188. The van der Waals surface area contributed by atoms with Gasteiger partial charge in [-0.3, -0.25) is 0 Å². The van der Waals surface area contributed by atoms with E-state index in [1.165, 1.54) is 50.0 Å². The molecule has 0 aromatic heterocycles. The summed E-state index contributed by atoms with van der Waals surface area (Å²) in [5.74, 6) is 0. The summed E-state index contributed by atoms with van der Waals surface area (Å²) in [5.41, 5.74) is 5.46. The molecule has 0 nitrogen and oxygen atoms in total. The maximum absolute atomic E-state index is 2.42. The fraction of sp³-hybridized carbons (Fsp3) is 0.0625. The van der Waals surface area contributed by atoms with Gasteiger partial charge in [0.1, 0.15) is 0 Å². The van der Waals surface area contributed by atoms with Crippen molar-refractivity contribution in [1.82, 2.24) is 0 Å². The second kappa shape index (κ2) is 12.0. The van der Waals surface area contributed by atoms with Crippen LogP contribution in [0.25, 0.3) is 43.8 Å². The van der Waals surface area contributed by atoms with E-state index < -0.39 is 0 Å². The van der Waals surface area contributed by atoms with Crippen molar-refractivity contribution in [3.8, 4) is 22.3 Å². The molecule has 1 aliphatic rings. The normalized spacial score (nSPS) is 12.9. The second-order valence-electron chi connectivity index (χ2n) is 8.48. The Labute approximate surface area is 231 Å². The van der Waals surface area contributed by atoms with Gasteiger partial charge in [-0.15, -0.1) is 63.2 Å². The minimum Gasteiger partial charge on any atom is -1.00 e. The van der Waals surface area contributed by atoms with Crippen molar-refractivity contribution in [3.05, 3.63) is 121 Å². The van der Waals surface area contributed by atoms with E-state index in [4.69, 9.17) is 0 Å². The number of benzene rings is 4. The first-order chi connectivity index (χ1) is 16.3. The molecule has 0 saturated heterocycles. The number of halogens is 2. The van der Waals surface area contributed by atoms with Crippen molar-refractivity contribution in [3.63, 3.8) is 0 Å². The number of fused-ring (bicyclic) bond motifs is 4. The monoisotopic (exact) mass is 568 g/mol. The predicted molar refractivity (Wildman–Crippen MR) is 147 cm³/mol. The smallest absolute Gasteiger partial charge is 1.00 e. The molecule has 0 aliphatic carbocycles. The molecule has 6 aromatic carbocycles. The molecular formula is C32H25F2PZr. The number of hydrogen-bond donors (Lipinski definition) is 0. The van der Waals surface area contributed by atoms with Gasteiger partial charge in [-0.2, -0.15) is 18.2 Å². The predicted octanol–water partition coefficient (Wildman–Crippen LogP) is 2.22. The number of rotatable bonds is 2. The third kappa shape index (κ3) is 4.93. The molecule has 0 fully saturated rings. The van der Waals surface area contributed by atoms with Crippen LogP contribution >= 0.6 is 7.92 Å². The Morgan fingerprint density at radius 3 is 2.08 bits per heavy atom. The summed E-state index contributed by atoms with van der Waals surface area (Å²) in [7, 11) is -0.170. The van der Waals surface area contributed by atoms with Gasteiger partial charge >= 0.3 is 26.2 Å². The zero-order valence-electron chi connectivity index (χ0n) is 20.0. The van der Waals surface area contributed by atoms with Crippen LogP contribution in [0.1, 0.15) is 6.92 Å². The van der Waals surface area contributed by atoms with Crippen LogP contribution in [0.3, 0.4) is 0 Å². The van der Waals surface area contributed by atoms with E-state index in [1.807, 2.05) is 0 Å². The number of hydrogen-bond acceptors (Lipinski definition) is 0. The Morgan fingerprint density at radius 1 is 0.639 bits per heavy atom. The van der Waals surface area contributed by atoms with Crippen molar-refractivity contribution in [2.45, 2.75) is 6.92 Å². The third-order valence-electron chi connectivity index (χ3n) is 6.61. The fourth-order valence-corrected chi connectivity index (χ4v) is 7.39. The van der Waals surface area contributed by atoms with Crippen LogP contribution in [0.4, 0.5) is 0 Å². The van der Waals surface area contributed by atoms with Crippen LogP contribution in [0.5, 0.6) is 0 Å². The summed E-state index contributed by atoms with van der Waals surface area (Å²) in [6.07, 6.45) is 1.23. The quantitative estimate of drug-likeness (QED) is 0.222. The molecule has 0 spiro atoms. The van der Waals surface area contributed by atoms with Crippen LogP contribution in [-0.2, 0) is 26.2 Å². The summed E-state index contributed by atoms with van der Waals surface area (Å²) >= 11 is 0. The van der Waals surface area contributed by atoms with Gasteiger partial charge in [-0.05, 0) is 22.6 Å². The average Bonchev–Trinajstić information content (AvgIpc) is 3.50. The third-order valence-corrected chi connectivity index (χ3v) is 9.10. The zero-order chi connectivity index (χ0) is 22.2. The van der Waals surface area contributed by atoms with Gasteiger partial charge in [0.05, 0.1) is 0 Å². The standard InChI is InChI=1S/C17H14P.C15H11.2FH.Zr/c1-2-18-13-10-12-6-5-8-14(16(12)11-13)15-7-3-4-9-17(15)18;1-2-6-12(7-3-1)14-10-4-8-13-9-5-11-15(13)14;;;/h3-11H,2H2,1H3;1-11H;2*1H;/q2*-1;;;+4/p-2. The summed E-state index contributed by atoms with van der Waals surface area (Å²) in [6, 6.07) is 43.8. The molecule has 0 saturated carbocycles. The van der Waals surface area contributed by atoms with Gasteiger partial charge in [-0.1, -0.05) is 92.7 Å². The Morgan fingerprint density at radius 2 is 1.31 bits per heavy atom. The maximum atomic E-state index is 2.42. The summed E-state index contributed by atoms with van der Waals surface area (Å²) in [4.78, 5) is 0. The molecule has 176 valence electrons. The van der Waals surface area contributed by atoms with E-state index >= 15 is 0 Å². The molecule has 7 rings (SSSR count). The SMILES string of the molecule is CCP1c2cc3c(cccc3[cH-]2)-c2ccccc21.[F-].[F-].[Zr+4].c1ccc(-c2cccc3[cH-]ccc23)cc1. The zero-order valence-corrected chi connectivity index (χ0v) is 23.3. The molecule has 36 heavy (non-hydrogen) atoms. The summed E-state index contributed by atoms with van der Waals surface area (Å²) < 4.78 is 0. The van der Waals surface area contributed by atoms with Gasteiger partial charge in [0.2, 0.25) is 0 Å². The van der Waals surface area contributed by atoms with Crippen molar-refractivity contribution in [1.29, 1.82) is 0 Å². The van der Waals surface area contributed by atoms with Crippen LogP contribution in [-0.4, -0.2) is 6.16 Å². The van der Waals surface area contributed by atoms with Gasteiger partial charge in [0.25, 0.3) is 0 Å². The summed E-state index contributed by atoms with van der Waals surface area (Å²) in [5, 5.41) is 8.57. The Kier molecular flexibility index (Phi) is 9.29. The van der Waals surface area contributed by atoms with E-state index in [9.17, 15) is 0 Å². The maximum Gasteiger partial charge on any atom is 4.00 e. The second-order valence-corrected chi connectivity index (χ2v) is 11.0. The van der Waals surface area contributed by atoms with E-state index in [-0.39, 0.29) is 43.5 Å². The van der Waals surface area contributed by atoms with Gasteiger partial charge < -0.3 is 9.41 Å². The minimum atomic E-state index is -0.170. The molecule has 0 amide bonds. The van der Waals surface area contributed by atoms with Crippen molar-refractivity contribution in [2.24, 2.45) is 0 Å². The van der Waals surface area contributed by atoms with Gasteiger partial charge in [-0.25, -0.2) is 0 Å². The van der Waals surface area contributed by atoms with E-state index in [0.29, 0.717) is 0 Å². The first-order valence-electron chi connectivity index (χ1n) is 11.6. The molecule has 1 aliphatic heterocycles. The largest absolute Gasteiger partial charge is 4.00 e. The molecule has 0 radical (unpaired) electrons. The Hall–Kier alpha value is -2.73. The summed E-state index contributed by atoms with van der Waals surface area (Å²) in [6.45, 7) is 2.31. The first-order valence-corrected chi connectivity index (χ1v) is 13.1.